The van der Waals surface area contributed by atoms with Gasteiger partial charge in [0.25, 0.3) is 0 Å². The maximum Gasteiger partial charge on any atom is 0.306 e. The van der Waals surface area contributed by atoms with Gasteiger partial charge in [0.15, 0.2) is 11.4 Å². The van der Waals surface area contributed by atoms with Crippen LogP contribution in [0.25, 0.3) is 0 Å². The summed E-state index contributed by atoms with van der Waals surface area (Å²) in [6, 6.07) is 0. The Morgan fingerprint density at radius 1 is 1.27 bits per heavy atom. The normalized spacial score (nSPS) is 49.5. The summed E-state index contributed by atoms with van der Waals surface area (Å²) in [6.45, 7) is 9.77. The van der Waals surface area contributed by atoms with Crippen molar-refractivity contribution in [3.8, 4) is 0 Å². The summed E-state index contributed by atoms with van der Waals surface area (Å²) in [4.78, 5) is 25.0. The van der Waals surface area contributed by atoms with Crippen molar-refractivity contribution in [1.29, 1.82) is 0 Å². The van der Waals surface area contributed by atoms with Gasteiger partial charge in [0.2, 0.25) is 0 Å². The lowest BCUT2D eigenvalue weighted by atomic mass is 9.46. The zero-order chi connectivity index (χ0) is 22.1. The molecule has 0 aromatic heterocycles. The Hall–Kier alpha value is -0.800. The molecule has 0 amide bonds. The summed E-state index contributed by atoms with van der Waals surface area (Å²) in [5, 5.41) is -0.328. The number of rotatable bonds is 3. The average Bonchev–Trinajstić information content (AvgIpc) is 2.90. The van der Waals surface area contributed by atoms with Crippen LogP contribution in [0.2, 0.25) is 0 Å². The third-order valence-corrected chi connectivity index (χ3v) is 10.8. The van der Waals surface area contributed by atoms with Crippen molar-refractivity contribution in [3.05, 3.63) is 23.8 Å². The molecular weight excluding hydrogens is 419 g/mol. The number of ketones is 1. The summed E-state index contributed by atoms with van der Waals surface area (Å²) in [7, 11) is 0. The molecule has 0 bridgehead atoms. The molecule has 0 aromatic carbocycles. The van der Waals surface area contributed by atoms with Crippen molar-refractivity contribution in [2.24, 2.45) is 28.6 Å². The van der Waals surface area contributed by atoms with Crippen LogP contribution in [-0.2, 0) is 14.3 Å². The molecule has 4 rings (SSSR count). The molecular formula is C25H34Cl2O3. The smallest absolute Gasteiger partial charge is 0.306 e. The van der Waals surface area contributed by atoms with Crippen LogP contribution in [0, 0.1) is 28.6 Å². The lowest BCUT2D eigenvalue weighted by Crippen LogP contribution is -2.68. The maximum absolute atomic E-state index is 13.2. The van der Waals surface area contributed by atoms with Crippen LogP contribution in [0.3, 0.4) is 0 Å². The van der Waals surface area contributed by atoms with Crippen LogP contribution >= 0.6 is 23.2 Å². The zero-order valence-corrected chi connectivity index (χ0v) is 20.3. The molecule has 0 radical (unpaired) electrons. The molecule has 5 heteroatoms. The summed E-state index contributed by atoms with van der Waals surface area (Å²) >= 11 is 14.8. The van der Waals surface area contributed by atoms with E-state index in [0.717, 1.165) is 25.7 Å². The predicted octanol–water partition coefficient (Wildman–Crippen LogP) is 6.22. The van der Waals surface area contributed by atoms with Gasteiger partial charge in [-0.2, -0.15) is 0 Å². The fraction of sp³-hybridized carbons (Fsp3) is 0.760. The number of ether oxygens (including phenoxy) is 1. The van der Waals surface area contributed by atoms with E-state index in [0.29, 0.717) is 6.42 Å². The molecule has 3 saturated carbocycles. The fourth-order valence-electron chi connectivity index (χ4n) is 7.89. The van der Waals surface area contributed by atoms with Crippen molar-refractivity contribution < 1.29 is 14.3 Å². The number of carbonyl (C=O) groups is 2. The Balaban J connectivity index is 1.84. The quantitative estimate of drug-likeness (QED) is 0.289. The number of hydrogen-bond donors (Lipinski definition) is 0. The van der Waals surface area contributed by atoms with Crippen molar-refractivity contribution >= 4 is 35.0 Å². The Labute approximate surface area is 190 Å². The molecule has 0 aliphatic heterocycles. The van der Waals surface area contributed by atoms with Crippen LogP contribution in [0.5, 0.6) is 0 Å². The van der Waals surface area contributed by atoms with E-state index in [9.17, 15) is 9.59 Å². The maximum atomic E-state index is 13.2. The minimum Gasteiger partial charge on any atom is -0.450 e. The van der Waals surface area contributed by atoms with Gasteiger partial charge in [0.1, 0.15) is 0 Å². The van der Waals surface area contributed by atoms with Crippen LogP contribution in [0.15, 0.2) is 23.8 Å². The predicted molar refractivity (Wildman–Crippen MR) is 121 cm³/mol. The number of Topliss-reactive ketones (excluding diaryl/α,β-unsaturated/α-hetero) is 1. The van der Waals surface area contributed by atoms with E-state index in [1.165, 1.54) is 5.57 Å². The van der Waals surface area contributed by atoms with Gasteiger partial charge in [-0.3, -0.25) is 9.59 Å². The molecule has 0 saturated heterocycles. The number of alkyl halides is 2. The number of esters is 1. The first kappa shape index (κ1) is 22.4. The first-order valence-electron chi connectivity index (χ1n) is 11.4. The Bertz CT molecular complexity index is 834. The fourth-order valence-corrected chi connectivity index (χ4v) is 9.13. The molecule has 0 N–H and O–H groups in total. The van der Waals surface area contributed by atoms with E-state index in [2.05, 4.69) is 39.0 Å². The molecule has 2 unspecified atom stereocenters. The third-order valence-electron chi connectivity index (χ3n) is 9.28. The van der Waals surface area contributed by atoms with Gasteiger partial charge in [0.05, 0.1) is 10.3 Å². The van der Waals surface area contributed by atoms with Crippen molar-refractivity contribution in [1.82, 2.24) is 0 Å². The average molecular weight is 453 g/mol. The highest BCUT2D eigenvalue weighted by atomic mass is 35.5. The molecule has 0 spiro atoms. The summed E-state index contributed by atoms with van der Waals surface area (Å²) < 4.78 is 6.07. The van der Waals surface area contributed by atoms with E-state index < -0.39 is 15.9 Å². The molecule has 3 nitrogen and oxygen atoms in total. The highest BCUT2D eigenvalue weighted by Gasteiger charge is 2.75. The van der Waals surface area contributed by atoms with Gasteiger partial charge < -0.3 is 4.74 Å². The van der Waals surface area contributed by atoms with Gasteiger partial charge in [-0.1, -0.05) is 51.5 Å². The molecule has 4 aliphatic rings. The minimum absolute atomic E-state index is 0.0602. The number of fused-ring (bicyclic) bond motifs is 5. The Morgan fingerprint density at radius 2 is 1.97 bits per heavy atom. The van der Waals surface area contributed by atoms with Gasteiger partial charge in [-0.25, -0.2) is 0 Å². The highest BCUT2D eigenvalue weighted by molar-refractivity contribution is 6.33. The van der Waals surface area contributed by atoms with Crippen LogP contribution in [-0.4, -0.2) is 27.6 Å². The lowest BCUT2D eigenvalue weighted by Gasteiger charge is -2.64. The molecule has 30 heavy (non-hydrogen) atoms. The third kappa shape index (κ3) is 2.51. The SMILES string of the molecule is CCC(=O)O[C@]1(C(C)=O)C(C)C[C@H]2[C@@H]3CCC4=CCC=C[C@]4(C)[C@@]3(Cl)C(Cl)C[C@@]21C. The van der Waals surface area contributed by atoms with Gasteiger partial charge >= 0.3 is 5.97 Å². The van der Waals surface area contributed by atoms with E-state index in [4.69, 9.17) is 27.9 Å². The van der Waals surface area contributed by atoms with Crippen LogP contribution < -0.4 is 0 Å². The van der Waals surface area contributed by atoms with Crippen molar-refractivity contribution in [3.63, 3.8) is 0 Å². The number of halogens is 2. The summed E-state index contributed by atoms with van der Waals surface area (Å²) in [6.07, 6.45) is 11.4. The molecule has 3 fully saturated rings. The van der Waals surface area contributed by atoms with E-state index in [1.807, 2.05) is 0 Å². The van der Waals surface area contributed by atoms with E-state index in [1.54, 1.807) is 13.8 Å². The molecule has 0 aromatic rings. The van der Waals surface area contributed by atoms with E-state index in [-0.39, 0.29) is 46.7 Å². The van der Waals surface area contributed by atoms with Crippen molar-refractivity contribution in [2.75, 3.05) is 0 Å². The Kier molecular flexibility index (Phi) is 5.30. The molecule has 4 aliphatic carbocycles. The van der Waals surface area contributed by atoms with Gasteiger partial charge in [-0.15, -0.1) is 23.2 Å². The number of hydrogen-bond acceptors (Lipinski definition) is 3. The molecule has 8 atom stereocenters. The monoisotopic (exact) mass is 452 g/mol. The minimum atomic E-state index is -1.13. The number of carbonyl (C=O) groups excluding carboxylic acids is 2. The second kappa shape index (κ2) is 7.10. The standard InChI is InChI=1S/C25H34Cl2O3/c1-6-21(29)30-25(16(3)28)15(2)13-19-18-11-10-17-9-7-8-12-22(17,4)24(18,27)20(26)14-23(19,25)5/h8-9,12,15,18-20H,6-7,10-11,13-14H2,1-5H3/t15?,18-,19-,20?,22-,23-,24-,25-/m0/s1. The van der Waals surface area contributed by atoms with Crippen molar-refractivity contribution in [2.45, 2.75) is 89.0 Å². The van der Waals surface area contributed by atoms with Gasteiger partial charge in [-0.05, 0) is 50.9 Å². The van der Waals surface area contributed by atoms with Crippen LogP contribution in [0.1, 0.15) is 73.1 Å². The second-order valence-electron chi connectivity index (χ2n) is 10.4. The first-order valence-corrected chi connectivity index (χ1v) is 12.2. The molecule has 0 heterocycles. The summed E-state index contributed by atoms with van der Waals surface area (Å²) in [5.41, 5.74) is -0.537. The topological polar surface area (TPSA) is 43.4 Å². The largest absolute Gasteiger partial charge is 0.450 e. The number of allylic oxidation sites excluding steroid dienone is 4. The first-order chi connectivity index (χ1) is 14.0. The van der Waals surface area contributed by atoms with Gasteiger partial charge in [0, 0.05) is 23.2 Å². The second-order valence-corrected chi connectivity index (χ2v) is 11.6. The highest BCUT2D eigenvalue weighted by Crippen LogP contribution is 2.73. The van der Waals surface area contributed by atoms with Crippen LogP contribution in [0.4, 0.5) is 0 Å². The summed E-state index contributed by atoms with van der Waals surface area (Å²) in [5.74, 6) is -0.0942. The molecule has 166 valence electrons. The van der Waals surface area contributed by atoms with E-state index >= 15 is 0 Å². The Morgan fingerprint density at radius 3 is 2.60 bits per heavy atom. The zero-order valence-electron chi connectivity index (χ0n) is 18.8. The lowest BCUT2D eigenvalue weighted by molar-refractivity contribution is -0.192.